The molecule has 2 aromatic carbocycles. The molecule has 0 radical (unpaired) electrons. The van der Waals surface area contributed by atoms with E-state index in [0.717, 1.165) is 23.3 Å². The molecule has 0 aromatic heterocycles. The van der Waals surface area contributed by atoms with Gasteiger partial charge in [-0.3, -0.25) is 0 Å². The Morgan fingerprint density at radius 3 is 2.22 bits per heavy atom. The molecular formula is C21H29NO. The van der Waals surface area contributed by atoms with Crippen molar-refractivity contribution in [3.63, 3.8) is 0 Å². The third-order valence-corrected chi connectivity index (χ3v) is 4.00. The van der Waals surface area contributed by atoms with Crippen LogP contribution < -0.4 is 10.5 Å². The molecule has 1 unspecified atom stereocenters. The molecule has 2 nitrogen and oxygen atoms in total. The summed E-state index contributed by atoms with van der Waals surface area (Å²) in [6.07, 6.45) is 0.981. The standard InChI is InChI=1S/C21H29NO/c1-15(2)14-17-10-6-9-13-20(17)23-16(3)18-11-7-8-12-19(18)21(4,5)22/h6-13,15-16H,14,22H2,1-5H3. The van der Waals surface area contributed by atoms with Gasteiger partial charge in [-0.1, -0.05) is 56.3 Å². The van der Waals surface area contributed by atoms with E-state index in [9.17, 15) is 0 Å². The van der Waals surface area contributed by atoms with Crippen molar-refractivity contribution in [2.45, 2.75) is 52.7 Å². The molecular weight excluding hydrogens is 282 g/mol. The zero-order chi connectivity index (χ0) is 17.0. The lowest BCUT2D eigenvalue weighted by Gasteiger charge is -2.27. The van der Waals surface area contributed by atoms with E-state index in [-0.39, 0.29) is 11.6 Å². The fraction of sp³-hybridized carbons (Fsp3) is 0.429. The van der Waals surface area contributed by atoms with Crippen LogP contribution in [0.25, 0.3) is 0 Å². The van der Waals surface area contributed by atoms with E-state index in [2.05, 4.69) is 51.1 Å². The van der Waals surface area contributed by atoms with Crippen LogP contribution in [0.2, 0.25) is 0 Å². The average Bonchev–Trinajstić information content (AvgIpc) is 2.48. The number of benzene rings is 2. The molecule has 2 aromatic rings. The normalized spacial score (nSPS) is 13.2. The van der Waals surface area contributed by atoms with Crippen LogP contribution in [-0.2, 0) is 12.0 Å². The second kappa shape index (κ2) is 7.18. The monoisotopic (exact) mass is 311 g/mol. The van der Waals surface area contributed by atoms with Crippen LogP contribution in [0.1, 0.15) is 57.4 Å². The number of para-hydroxylation sites is 1. The highest BCUT2D eigenvalue weighted by molar-refractivity contribution is 5.37. The van der Waals surface area contributed by atoms with Gasteiger partial charge in [-0.2, -0.15) is 0 Å². The summed E-state index contributed by atoms with van der Waals surface area (Å²) in [4.78, 5) is 0. The van der Waals surface area contributed by atoms with Crippen molar-refractivity contribution in [1.82, 2.24) is 0 Å². The van der Waals surface area contributed by atoms with Crippen LogP contribution >= 0.6 is 0 Å². The topological polar surface area (TPSA) is 35.2 Å². The Kier molecular flexibility index (Phi) is 5.48. The van der Waals surface area contributed by atoms with Crippen LogP contribution in [-0.4, -0.2) is 0 Å². The van der Waals surface area contributed by atoms with Gasteiger partial charge in [0.2, 0.25) is 0 Å². The van der Waals surface area contributed by atoms with Gasteiger partial charge in [-0.05, 0) is 55.9 Å². The number of ether oxygens (including phenoxy) is 1. The van der Waals surface area contributed by atoms with Crippen LogP contribution in [0.15, 0.2) is 48.5 Å². The maximum absolute atomic E-state index is 6.33. The lowest BCUT2D eigenvalue weighted by atomic mass is 9.89. The van der Waals surface area contributed by atoms with E-state index >= 15 is 0 Å². The second-order valence-electron chi connectivity index (χ2n) is 7.27. The Hall–Kier alpha value is -1.80. The Bertz CT molecular complexity index is 640. The third-order valence-electron chi connectivity index (χ3n) is 4.00. The first-order chi connectivity index (χ1) is 10.8. The summed E-state index contributed by atoms with van der Waals surface area (Å²) in [5.74, 6) is 1.57. The Balaban J connectivity index is 2.29. The van der Waals surface area contributed by atoms with Gasteiger partial charge in [0, 0.05) is 5.54 Å². The van der Waals surface area contributed by atoms with E-state index in [1.54, 1.807) is 0 Å². The number of hydrogen-bond acceptors (Lipinski definition) is 2. The van der Waals surface area contributed by atoms with Gasteiger partial charge >= 0.3 is 0 Å². The van der Waals surface area contributed by atoms with Crippen molar-refractivity contribution in [2.24, 2.45) is 11.7 Å². The molecule has 2 rings (SSSR count). The van der Waals surface area contributed by atoms with E-state index in [1.807, 2.05) is 32.0 Å². The molecule has 0 aliphatic heterocycles. The first-order valence-electron chi connectivity index (χ1n) is 8.42. The first kappa shape index (κ1) is 17.6. The van der Waals surface area contributed by atoms with Crippen molar-refractivity contribution in [3.05, 3.63) is 65.2 Å². The van der Waals surface area contributed by atoms with Gasteiger partial charge in [0.05, 0.1) is 0 Å². The lowest BCUT2D eigenvalue weighted by Crippen LogP contribution is -2.30. The molecule has 0 bridgehead atoms. The quantitative estimate of drug-likeness (QED) is 0.794. The van der Waals surface area contributed by atoms with Gasteiger partial charge in [-0.15, -0.1) is 0 Å². The lowest BCUT2D eigenvalue weighted by molar-refractivity contribution is 0.221. The minimum Gasteiger partial charge on any atom is -0.486 e. The van der Waals surface area contributed by atoms with Crippen molar-refractivity contribution >= 4 is 0 Å². The van der Waals surface area contributed by atoms with Gasteiger partial charge < -0.3 is 10.5 Å². The maximum atomic E-state index is 6.33. The van der Waals surface area contributed by atoms with Gasteiger partial charge in [-0.25, -0.2) is 0 Å². The zero-order valence-electron chi connectivity index (χ0n) is 15.0. The zero-order valence-corrected chi connectivity index (χ0v) is 15.0. The molecule has 0 saturated heterocycles. The van der Waals surface area contributed by atoms with Crippen LogP contribution in [0, 0.1) is 5.92 Å². The van der Waals surface area contributed by atoms with E-state index in [1.165, 1.54) is 5.56 Å². The molecule has 0 amide bonds. The molecule has 0 aliphatic rings. The molecule has 2 heteroatoms. The van der Waals surface area contributed by atoms with Crippen molar-refractivity contribution in [1.29, 1.82) is 0 Å². The second-order valence-corrected chi connectivity index (χ2v) is 7.27. The van der Waals surface area contributed by atoms with Gasteiger partial charge in [0.15, 0.2) is 0 Å². The van der Waals surface area contributed by atoms with Crippen LogP contribution in [0.5, 0.6) is 5.75 Å². The molecule has 0 heterocycles. The van der Waals surface area contributed by atoms with Crippen LogP contribution in [0.4, 0.5) is 0 Å². The molecule has 2 N–H and O–H groups in total. The summed E-state index contributed by atoms with van der Waals surface area (Å²) < 4.78 is 6.31. The summed E-state index contributed by atoms with van der Waals surface area (Å²) in [5, 5.41) is 0. The van der Waals surface area contributed by atoms with Gasteiger partial charge in [0.25, 0.3) is 0 Å². The molecule has 0 spiro atoms. The average molecular weight is 311 g/mol. The van der Waals surface area contributed by atoms with Crippen LogP contribution in [0.3, 0.4) is 0 Å². The third kappa shape index (κ3) is 4.59. The molecule has 124 valence electrons. The smallest absolute Gasteiger partial charge is 0.123 e. The summed E-state index contributed by atoms with van der Waals surface area (Å²) in [6, 6.07) is 16.6. The SMILES string of the molecule is CC(C)Cc1ccccc1OC(C)c1ccccc1C(C)(C)N. The Morgan fingerprint density at radius 2 is 1.57 bits per heavy atom. The van der Waals surface area contributed by atoms with Crippen molar-refractivity contribution in [3.8, 4) is 5.75 Å². The molecule has 0 aliphatic carbocycles. The summed E-state index contributed by atoms with van der Waals surface area (Å²) in [7, 11) is 0. The predicted octanol–water partition coefficient (Wildman–Crippen LogP) is 5.22. The minimum atomic E-state index is -0.383. The molecule has 23 heavy (non-hydrogen) atoms. The van der Waals surface area contributed by atoms with E-state index in [0.29, 0.717) is 5.92 Å². The molecule has 1 atom stereocenters. The number of hydrogen-bond donors (Lipinski definition) is 1. The number of nitrogens with two attached hydrogens (primary N) is 1. The maximum Gasteiger partial charge on any atom is 0.123 e. The van der Waals surface area contributed by atoms with Gasteiger partial charge in [0.1, 0.15) is 11.9 Å². The fourth-order valence-corrected chi connectivity index (χ4v) is 2.92. The highest BCUT2D eigenvalue weighted by Crippen LogP contribution is 2.31. The molecule has 0 fully saturated rings. The highest BCUT2D eigenvalue weighted by atomic mass is 16.5. The number of rotatable bonds is 6. The predicted molar refractivity (Wildman–Crippen MR) is 97.7 cm³/mol. The van der Waals surface area contributed by atoms with Crippen molar-refractivity contribution in [2.75, 3.05) is 0 Å². The summed E-state index contributed by atoms with van der Waals surface area (Å²) >= 11 is 0. The van der Waals surface area contributed by atoms with Crippen molar-refractivity contribution < 1.29 is 4.74 Å². The summed E-state index contributed by atoms with van der Waals surface area (Å²) in [5.41, 5.74) is 9.49. The summed E-state index contributed by atoms with van der Waals surface area (Å²) in [6.45, 7) is 10.6. The largest absolute Gasteiger partial charge is 0.486 e. The molecule has 0 saturated carbocycles. The highest BCUT2D eigenvalue weighted by Gasteiger charge is 2.22. The minimum absolute atomic E-state index is 0.0395. The Labute approximate surface area is 140 Å². The van der Waals surface area contributed by atoms with E-state index in [4.69, 9.17) is 10.5 Å². The first-order valence-corrected chi connectivity index (χ1v) is 8.42. The fourth-order valence-electron chi connectivity index (χ4n) is 2.92. The Morgan fingerprint density at radius 1 is 0.957 bits per heavy atom. The van der Waals surface area contributed by atoms with E-state index < -0.39 is 0 Å².